The molecule has 7 heteroatoms. The van der Waals surface area contributed by atoms with Gasteiger partial charge in [-0.3, -0.25) is 9.69 Å². The minimum atomic E-state index is -2.49. The highest BCUT2D eigenvalue weighted by atomic mass is 79.9. The van der Waals surface area contributed by atoms with E-state index in [9.17, 15) is 9.90 Å². The first kappa shape index (κ1) is 9.66. The molecule has 0 atom stereocenters. The molecule has 0 bridgehead atoms. The zero-order valence-electron chi connectivity index (χ0n) is 13.1. The molecule has 2 heterocycles. The Morgan fingerprint density at radius 3 is 3.00 bits per heavy atom. The second-order valence-corrected chi connectivity index (χ2v) is 5.51. The maximum absolute atomic E-state index is 12.6. The Hall–Kier alpha value is -1.21. The van der Waals surface area contributed by atoms with Gasteiger partial charge in [0.15, 0.2) is 13.0 Å². The predicted octanol–water partition coefficient (Wildman–Crippen LogP) is 1.30. The van der Waals surface area contributed by atoms with Crippen LogP contribution in [-0.2, 0) is 4.79 Å². The van der Waals surface area contributed by atoms with Gasteiger partial charge in [-0.05, 0) is 41.6 Å². The van der Waals surface area contributed by atoms with Gasteiger partial charge in [0, 0.05) is 6.04 Å². The van der Waals surface area contributed by atoms with E-state index >= 15 is 0 Å². The van der Waals surface area contributed by atoms with E-state index in [0.29, 0.717) is 35.6 Å². The molecule has 1 aliphatic carbocycles. The number of amides is 1. The van der Waals surface area contributed by atoms with Gasteiger partial charge in [0.1, 0.15) is 4.60 Å². The molecule has 0 radical (unpaired) electrons. The monoisotopic (exact) mass is 329 g/mol. The number of nitrogens with zero attached hydrogens (tertiary/aromatic N) is 3. The summed E-state index contributed by atoms with van der Waals surface area (Å²) in [6.45, 7) is -2.49. The molecule has 2 aliphatic rings. The van der Waals surface area contributed by atoms with Crippen molar-refractivity contribution in [2.24, 2.45) is 0 Å². The van der Waals surface area contributed by atoms with Gasteiger partial charge < -0.3 is 10.4 Å². The largest absolute Gasteiger partial charge is 0.393 e. The summed E-state index contributed by atoms with van der Waals surface area (Å²) in [6, 6.07) is -0.248. The van der Waals surface area contributed by atoms with Crippen molar-refractivity contribution in [1.82, 2.24) is 9.97 Å². The fourth-order valence-electron chi connectivity index (χ4n) is 2.50. The number of aliphatic hydroxyl groups excluding tert-OH is 1. The van der Waals surface area contributed by atoms with Crippen LogP contribution in [0.5, 0.6) is 0 Å². The average Bonchev–Trinajstić information content (AvgIpc) is 2.47. The van der Waals surface area contributed by atoms with Crippen LogP contribution in [0.4, 0.5) is 11.6 Å². The first-order valence-corrected chi connectivity index (χ1v) is 6.95. The van der Waals surface area contributed by atoms with Crippen LogP contribution >= 0.6 is 15.9 Å². The quantitative estimate of drug-likeness (QED) is 0.812. The first-order chi connectivity index (χ1) is 10.3. The zero-order valence-corrected chi connectivity index (χ0v) is 11.7. The molecule has 2 N–H and O–H groups in total. The van der Waals surface area contributed by atoms with Crippen molar-refractivity contribution in [3.05, 3.63) is 10.8 Å². The summed E-state index contributed by atoms with van der Waals surface area (Å²) in [7, 11) is 0. The van der Waals surface area contributed by atoms with Crippen LogP contribution in [0.25, 0.3) is 0 Å². The van der Waals surface area contributed by atoms with Gasteiger partial charge in [0.05, 0.1) is 21.5 Å². The summed E-state index contributed by atoms with van der Waals surface area (Å²) in [5.41, 5.74) is 0. The molecular formula is C12H15BrN4O2. The molecule has 0 saturated heterocycles. The molecule has 1 amide bonds. The average molecular weight is 330 g/mol. The van der Waals surface area contributed by atoms with E-state index in [0.717, 1.165) is 0 Å². The number of aromatic nitrogens is 2. The van der Waals surface area contributed by atoms with Crippen LogP contribution in [0.1, 0.15) is 28.4 Å². The number of rotatable bonds is 1. The Morgan fingerprint density at radius 1 is 1.53 bits per heavy atom. The number of halogens is 1. The lowest BCUT2D eigenvalue weighted by atomic mass is 9.91. The molecule has 1 saturated carbocycles. The van der Waals surface area contributed by atoms with E-state index in [1.165, 1.54) is 11.1 Å². The highest BCUT2D eigenvalue weighted by molar-refractivity contribution is 9.10. The Morgan fingerprint density at radius 2 is 2.26 bits per heavy atom. The summed E-state index contributed by atoms with van der Waals surface area (Å²) in [5, 5.41) is 10.1. The van der Waals surface area contributed by atoms with E-state index in [-0.39, 0.29) is 23.8 Å². The van der Waals surface area contributed by atoms with E-state index < -0.39 is 12.4 Å². The third kappa shape index (κ3) is 2.44. The molecule has 0 spiro atoms. The Balaban J connectivity index is 2.06. The fraction of sp³-hybridized carbons (Fsp3) is 0.583. The minimum absolute atomic E-state index is 0.0129. The molecule has 1 aromatic heterocycles. The summed E-state index contributed by atoms with van der Waals surface area (Å²) in [5.74, 6) is -0.617. The van der Waals surface area contributed by atoms with Gasteiger partial charge in [0.25, 0.3) is 0 Å². The normalized spacial score (nSPS) is 32.3. The van der Waals surface area contributed by atoms with Crippen LogP contribution in [-0.4, -0.2) is 39.6 Å². The van der Waals surface area contributed by atoms with Crippen molar-refractivity contribution >= 4 is 33.5 Å². The van der Waals surface area contributed by atoms with Gasteiger partial charge in [-0.2, -0.15) is 0 Å². The van der Waals surface area contributed by atoms with Crippen LogP contribution < -0.4 is 10.2 Å². The molecule has 0 aromatic carbocycles. The zero-order chi connectivity index (χ0) is 16.1. The van der Waals surface area contributed by atoms with Crippen molar-refractivity contribution in [2.75, 3.05) is 16.7 Å². The lowest BCUT2D eigenvalue weighted by Crippen LogP contribution is -2.49. The van der Waals surface area contributed by atoms with Crippen LogP contribution in [0, 0.1) is 0 Å². The molecule has 3 rings (SSSR count). The van der Waals surface area contributed by atoms with Crippen LogP contribution in [0.3, 0.4) is 0 Å². The summed E-state index contributed by atoms with van der Waals surface area (Å²) in [4.78, 5) is 22.1. The number of hydrogen-bond acceptors (Lipinski definition) is 5. The maximum Gasteiger partial charge on any atom is 0.247 e. The molecule has 1 fully saturated rings. The Labute approximate surface area is 123 Å². The highest BCUT2D eigenvalue weighted by Crippen LogP contribution is 2.33. The summed E-state index contributed by atoms with van der Waals surface area (Å²) in [6.07, 6.45) is 3.23. The van der Waals surface area contributed by atoms with Crippen molar-refractivity contribution < 1.29 is 14.1 Å². The number of nitrogens with one attached hydrogen (secondary N) is 1. The van der Waals surface area contributed by atoms with Gasteiger partial charge in [0.2, 0.25) is 5.91 Å². The third-order valence-corrected chi connectivity index (χ3v) is 3.82. The maximum atomic E-state index is 12.6. The lowest BCUT2D eigenvalue weighted by molar-refractivity contribution is -0.118. The molecule has 1 aliphatic heterocycles. The van der Waals surface area contributed by atoms with Crippen LogP contribution in [0.2, 0.25) is 1.41 Å². The van der Waals surface area contributed by atoms with Crippen molar-refractivity contribution in [3.63, 3.8) is 0 Å². The smallest absolute Gasteiger partial charge is 0.247 e. The predicted molar refractivity (Wildman–Crippen MR) is 74.0 cm³/mol. The molecule has 102 valence electrons. The van der Waals surface area contributed by atoms with Crippen molar-refractivity contribution in [3.8, 4) is 0 Å². The van der Waals surface area contributed by atoms with Gasteiger partial charge in [-0.1, -0.05) is 0 Å². The topological polar surface area (TPSA) is 78.3 Å². The first-order valence-electron chi connectivity index (χ1n) is 7.60. The number of carbonyl (C=O) groups is 1. The van der Waals surface area contributed by atoms with E-state index in [2.05, 4.69) is 25.9 Å². The Bertz CT molecular complexity index is 610. The number of aliphatic hydroxyl groups is 1. The lowest BCUT2D eigenvalue weighted by Gasteiger charge is -2.37. The standard InChI is InChI=1S/C12H15BrN4O2/c13-9-5-14-11-12(16-9)17(10(19)6-15-11)7-1-3-8(18)4-2-7/h5,7-8,18H,1-4,6H2,(H,14,15)/i6D2/hD. The van der Waals surface area contributed by atoms with Gasteiger partial charge in [-0.25, -0.2) is 9.97 Å². The number of anilines is 2. The van der Waals surface area contributed by atoms with Gasteiger partial charge >= 0.3 is 0 Å². The second kappa shape index (κ2) is 5.05. The number of hydrogen-bond donors (Lipinski definition) is 2. The number of carbonyl (C=O) groups excluding carboxylic acids is 1. The van der Waals surface area contributed by atoms with E-state index in [4.69, 9.17) is 4.15 Å². The highest BCUT2D eigenvalue weighted by Gasteiger charge is 2.34. The second-order valence-electron chi connectivity index (χ2n) is 4.70. The molecule has 6 nitrogen and oxygen atoms in total. The van der Waals surface area contributed by atoms with E-state index in [1.807, 2.05) is 0 Å². The summed E-state index contributed by atoms with van der Waals surface area (Å²) < 4.78 is 24.1. The van der Waals surface area contributed by atoms with Crippen molar-refractivity contribution in [1.29, 1.82) is 0 Å². The van der Waals surface area contributed by atoms with Crippen molar-refractivity contribution in [2.45, 2.75) is 37.8 Å². The van der Waals surface area contributed by atoms with Gasteiger partial charge in [-0.15, -0.1) is 0 Å². The van der Waals surface area contributed by atoms with E-state index in [1.54, 1.807) is 0 Å². The molecule has 19 heavy (non-hydrogen) atoms. The Kier molecular flexibility index (Phi) is 2.57. The SMILES string of the molecule is [2H]N1c2ncc(Br)nc2N(C2CCC(O)CC2)C(=O)C1([2H])[2H]. The molecule has 0 unspecified atom stereocenters. The molecule has 1 aromatic rings. The molecular weight excluding hydrogens is 312 g/mol. The fourth-order valence-corrected chi connectivity index (χ4v) is 2.77. The summed E-state index contributed by atoms with van der Waals surface area (Å²) >= 11 is 3.19. The van der Waals surface area contributed by atoms with Crippen LogP contribution in [0.15, 0.2) is 10.8 Å². The minimum Gasteiger partial charge on any atom is -0.393 e. The number of fused-ring (bicyclic) bond motifs is 1. The third-order valence-electron chi connectivity index (χ3n) is 3.44.